The van der Waals surface area contributed by atoms with Crippen molar-refractivity contribution in [1.29, 1.82) is 0 Å². The Morgan fingerprint density at radius 2 is 1.81 bits per heavy atom. The van der Waals surface area contributed by atoms with E-state index in [1.165, 1.54) is 0 Å². The van der Waals surface area contributed by atoms with Gasteiger partial charge in [0.05, 0.1) is 30.5 Å². The van der Waals surface area contributed by atoms with Gasteiger partial charge < -0.3 is 15.1 Å². The van der Waals surface area contributed by atoms with Crippen LogP contribution in [0.15, 0.2) is 48.5 Å². The first-order valence-corrected chi connectivity index (χ1v) is 11.7. The summed E-state index contributed by atoms with van der Waals surface area (Å²) in [6.45, 7) is 1.57. The molecular weight excluding hydrogens is 449 g/mol. The van der Waals surface area contributed by atoms with Crippen molar-refractivity contribution in [3.63, 3.8) is 0 Å². The third kappa shape index (κ3) is 4.52. The maximum atomic E-state index is 13.9. The Hall–Kier alpha value is -2.08. The molecule has 2 aromatic carbocycles. The third-order valence-corrected chi connectivity index (χ3v) is 7.33. The molecule has 0 spiro atoms. The SMILES string of the molecule is C[C@]1(CC(=O)O)C[C@H](c2cccc(Cl)c2)C(c2ccc(Cl)cc2)N([C@H](CO)C2CC2)C1=O. The third-order valence-electron chi connectivity index (χ3n) is 6.84. The van der Waals surface area contributed by atoms with E-state index in [-0.39, 0.29) is 42.9 Å². The predicted octanol–water partition coefficient (Wildman–Crippen LogP) is 5.30. The smallest absolute Gasteiger partial charge is 0.304 e. The number of piperidine rings is 1. The van der Waals surface area contributed by atoms with E-state index in [1.807, 2.05) is 30.3 Å². The fourth-order valence-electron chi connectivity index (χ4n) is 5.19. The van der Waals surface area contributed by atoms with E-state index in [0.717, 1.165) is 24.0 Å². The topological polar surface area (TPSA) is 77.8 Å². The van der Waals surface area contributed by atoms with Crippen molar-refractivity contribution in [1.82, 2.24) is 4.90 Å². The molecule has 0 bridgehead atoms. The summed E-state index contributed by atoms with van der Waals surface area (Å²) < 4.78 is 0. The lowest BCUT2D eigenvalue weighted by atomic mass is 9.67. The van der Waals surface area contributed by atoms with Crippen molar-refractivity contribution in [3.8, 4) is 0 Å². The minimum absolute atomic E-state index is 0.161. The zero-order valence-corrected chi connectivity index (χ0v) is 19.4. The number of aliphatic carboxylic acids is 1. The average Bonchev–Trinajstić information content (AvgIpc) is 3.57. The van der Waals surface area contributed by atoms with Gasteiger partial charge in [-0.1, -0.05) is 54.4 Å². The van der Waals surface area contributed by atoms with Crippen molar-refractivity contribution in [2.24, 2.45) is 11.3 Å². The summed E-state index contributed by atoms with van der Waals surface area (Å²) in [5.74, 6) is -1.21. The molecule has 32 heavy (non-hydrogen) atoms. The number of carbonyl (C=O) groups excluding carboxylic acids is 1. The Balaban J connectivity index is 1.89. The minimum Gasteiger partial charge on any atom is -0.481 e. The van der Waals surface area contributed by atoms with E-state index in [0.29, 0.717) is 16.5 Å². The Bertz CT molecular complexity index is 1010. The lowest BCUT2D eigenvalue weighted by Gasteiger charge is -2.51. The summed E-state index contributed by atoms with van der Waals surface area (Å²) >= 11 is 12.5. The zero-order chi connectivity index (χ0) is 23.0. The monoisotopic (exact) mass is 475 g/mol. The highest BCUT2D eigenvalue weighted by Gasteiger charge is 2.54. The van der Waals surface area contributed by atoms with Gasteiger partial charge in [-0.15, -0.1) is 0 Å². The summed E-state index contributed by atoms with van der Waals surface area (Å²) in [5, 5.41) is 21.1. The molecule has 7 heteroatoms. The molecule has 2 N–H and O–H groups in total. The normalized spacial score (nSPS) is 26.8. The number of carbonyl (C=O) groups is 2. The van der Waals surface area contributed by atoms with Crippen LogP contribution in [0.2, 0.25) is 10.0 Å². The number of aliphatic hydroxyl groups excluding tert-OH is 1. The number of carboxylic acid groups (broad SMARTS) is 1. The van der Waals surface area contributed by atoms with Crippen molar-refractivity contribution in [2.45, 2.75) is 50.6 Å². The molecule has 1 heterocycles. The second-order valence-electron chi connectivity index (χ2n) is 9.29. The molecule has 2 fully saturated rings. The Morgan fingerprint density at radius 3 is 2.38 bits per heavy atom. The molecule has 2 aliphatic rings. The van der Waals surface area contributed by atoms with Crippen LogP contribution < -0.4 is 0 Å². The number of carboxylic acids is 1. The molecule has 4 atom stereocenters. The van der Waals surface area contributed by atoms with Gasteiger partial charge in [0, 0.05) is 16.0 Å². The molecule has 2 aromatic rings. The molecule has 1 aliphatic heterocycles. The van der Waals surface area contributed by atoms with Gasteiger partial charge in [0.15, 0.2) is 0 Å². The van der Waals surface area contributed by atoms with Crippen molar-refractivity contribution in [2.75, 3.05) is 6.61 Å². The molecule has 0 aromatic heterocycles. The van der Waals surface area contributed by atoms with E-state index in [9.17, 15) is 19.8 Å². The van der Waals surface area contributed by atoms with Gasteiger partial charge >= 0.3 is 5.97 Å². The van der Waals surface area contributed by atoms with Gasteiger partial charge in [-0.05, 0) is 60.6 Å². The van der Waals surface area contributed by atoms with E-state index in [2.05, 4.69) is 0 Å². The van der Waals surface area contributed by atoms with E-state index in [1.54, 1.807) is 30.0 Å². The maximum Gasteiger partial charge on any atom is 0.304 e. The fraction of sp³-hybridized carbons (Fsp3) is 0.440. The van der Waals surface area contributed by atoms with Crippen LogP contribution in [-0.2, 0) is 9.59 Å². The van der Waals surface area contributed by atoms with Gasteiger partial charge in [0.2, 0.25) is 5.91 Å². The Kier molecular flexibility index (Phi) is 6.53. The summed E-state index contributed by atoms with van der Waals surface area (Å²) in [7, 11) is 0. The molecule has 1 unspecified atom stereocenters. The number of hydrogen-bond acceptors (Lipinski definition) is 3. The summed E-state index contributed by atoms with van der Waals surface area (Å²) in [6.07, 6.45) is 1.99. The minimum atomic E-state index is -1.09. The van der Waals surface area contributed by atoms with Crippen LogP contribution in [0.5, 0.6) is 0 Å². The largest absolute Gasteiger partial charge is 0.481 e. The number of amides is 1. The van der Waals surface area contributed by atoms with Crippen molar-refractivity contribution < 1.29 is 19.8 Å². The van der Waals surface area contributed by atoms with Crippen LogP contribution in [0.4, 0.5) is 0 Å². The first kappa shape index (κ1) is 23.1. The molecule has 170 valence electrons. The lowest BCUT2D eigenvalue weighted by Crippen LogP contribution is -2.57. The van der Waals surface area contributed by atoms with Gasteiger partial charge in [-0.2, -0.15) is 0 Å². The molecule has 5 nitrogen and oxygen atoms in total. The predicted molar refractivity (Wildman–Crippen MR) is 124 cm³/mol. The highest BCUT2D eigenvalue weighted by atomic mass is 35.5. The number of nitrogens with zero attached hydrogens (tertiary/aromatic N) is 1. The standard InChI is InChI=1S/C25H27Cl2NO4/c1-25(13-22(30)31)12-20(17-3-2-4-19(27)11-17)23(16-7-9-18(26)10-8-16)28(24(25)32)21(14-29)15-5-6-15/h2-4,7-11,15,20-21,23,29H,5-6,12-14H2,1H3,(H,30,31)/t20-,21-,23?,25-/m1/s1. The Labute approximate surface area is 197 Å². The van der Waals surface area contributed by atoms with E-state index in [4.69, 9.17) is 23.2 Å². The number of aliphatic hydroxyl groups is 1. The van der Waals surface area contributed by atoms with Crippen LogP contribution in [0, 0.1) is 11.3 Å². The first-order chi connectivity index (χ1) is 15.2. The first-order valence-electron chi connectivity index (χ1n) is 10.9. The zero-order valence-electron chi connectivity index (χ0n) is 17.9. The van der Waals surface area contributed by atoms with Gasteiger partial charge in [-0.25, -0.2) is 0 Å². The summed E-state index contributed by atoms with van der Waals surface area (Å²) in [4.78, 5) is 27.4. The highest BCUT2D eigenvalue weighted by Crippen LogP contribution is 2.53. The maximum absolute atomic E-state index is 13.9. The number of hydrogen-bond donors (Lipinski definition) is 2. The highest BCUT2D eigenvalue weighted by molar-refractivity contribution is 6.30. The molecular formula is C25H27Cl2NO4. The van der Waals surface area contributed by atoms with Crippen LogP contribution in [0.1, 0.15) is 55.7 Å². The second kappa shape index (κ2) is 9.05. The lowest BCUT2D eigenvalue weighted by molar-refractivity contribution is -0.162. The quantitative estimate of drug-likeness (QED) is 0.569. The van der Waals surface area contributed by atoms with Crippen molar-refractivity contribution in [3.05, 3.63) is 69.7 Å². The molecule has 4 rings (SSSR count). The molecule has 1 saturated carbocycles. The van der Waals surface area contributed by atoms with Crippen LogP contribution in [0.25, 0.3) is 0 Å². The fourth-order valence-corrected chi connectivity index (χ4v) is 5.51. The summed E-state index contributed by atoms with van der Waals surface area (Å²) in [5.41, 5.74) is 0.757. The molecule has 1 saturated heterocycles. The van der Waals surface area contributed by atoms with Crippen molar-refractivity contribution >= 4 is 35.1 Å². The van der Waals surface area contributed by atoms with Gasteiger partial charge in [0.1, 0.15) is 0 Å². The van der Waals surface area contributed by atoms with Gasteiger partial charge in [0.25, 0.3) is 0 Å². The van der Waals surface area contributed by atoms with Gasteiger partial charge in [-0.3, -0.25) is 9.59 Å². The number of benzene rings is 2. The number of rotatable bonds is 7. The molecule has 0 radical (unpaired) electrons. The van der Waals surface area contributed by atoms with Crippen LogP contribution in [0.3, 0.4) is 0 Å². The number of halogens is 2. The van der Waals surface area contributed by atoms with E-state index < -0.39 is 11.4 Å². The second-order valence-corrected chi connectivity index (χ2v) is 10.2. The van der Waals surface area contributed by atoms with Crippen LogP contribution >= 0.6 is 23.2 Å². The average molecular weight is 476 g/mol. The van der Waals surface area contributed by atoms with E-state index >= 15 is 0 Å². The number of likely N-dealkylation sites (tertiary alicyclic amines) is 1. The molecule has 1 amide bonds. The Morgan fingerprint density at radius 1 is 1.12 bits per heavy atom. The summed E-state index contributed by atoms with van der Waals surface area (Å²) in [6, 6.07) is 14.2. The van der Waals surface area contributed by atoms with Crippen LogP contribution in [-0.4, -0.2) is 39.6 Å². The molecule has 1 aliphatic carbocycles.